The summed E-state index contributed by atoms with van der Waals surface area (Å²) in [4.78, 5) is 11.6. The van der Waals surface area contributed by atoms with Crippen LogP contribution in [0.25, 0.3) is 0 Å². The summed E-state index contributed by atoms with van der Waals surface area (Å²) in [7, 11) is -0.889. The Morgan fingerprint density at radius 2 is 2.06 bits per heavy atom. The fourth-order valence-corrected chi connectivity index (χ4v) is 1.80. The topological polar surface area (TPSA) is 72.2 Å². The normalized spacial score (nSPS) is 14.0. The molecule has 0 fully saturated rings. The molecule has 1 rings (SSSR count). The van der Waals surface area contributed by atoms with Gasteiger partial charge in [0.05, 0.1) is 6.04 Å². The second-order valence-electron chi connectivity index (χ2n) is 3.86. The molecule has 0 aliphatic carbocycles. The van der Waals surface area contributed by atoms with Crippen LogP contribution >= 0.6 is 0 Å². The minimum atomic E-state index is -0.889. The van der Waals surface area contributed by atoms with E-state index in [-0.39, 0.29) is 5.91 Å². The van der Waals surface area contributed by atoms with Crippen molar-refractivity contribution in [3.05, 3.63) is 35.9 Å². The number of benzene rings is 1. The van der Waals surface area contributed by atoms with E-state index in [0.29, 0.717) is 18.7 Å². The van der Waals surface area contributed by atoms with Gasteiger partial charge in [-0.15, -0.1) is 0 Å². The van der Waals surface area contributed by atoms with Gasteiger partial charge in [-0.05, 0) is 12.0 Å². The highest BCUT2D eigenvalue weighted by Crippen LogP contribution is 2.01. The maximum Gasteiger partial charge on any atom is 0.237 e. The van der Waals surface area contributed by atoms with Crippen LogP contribution in [0.5, 0.6) is 0 Å². The number of nitrogens with two attached hydrogens (primary N) is 1. The van der Waals surface area contributed by atoms with Crippen molar-refractivity contribution in [1.82, 2.24) is 5.32 Å². The van der Waals surface area contributed by atoms with E-state index in [1.165, 1.54) is 0 Å². The van der Waals surface area contributed by atoms with Crippen LogP contribution in [0.4, 0.5) is 0 Å². The predicted molar refractivity (Wildman–Crippen MR) is 70.1 cm³/mol. The number of amides is 1. The minimum Gasteiger partial charge on any atom is -0.354 e. The van der Waals surface area contributed by atoms with Crippen LogP contribution in [0.1, 0.15) is 5.56 Å². The van der Waals surface area contributed by atoms with Gasteiger partial charge in [0.15, 0.2) is 0 Å². The number of rotatable bonds is 6. The Bertz CT molecular complexity index is 381. The molecule has 5 heteroatoms. The second-order valence-corrected chi connectivity index (χ2v) is 5.42. The van der Waals surface area contributed by atoms with Crippen LogP contribution in [0, 0.1) is 0 Å². The molecule has 0 spiro atoms. The highest BCUT2D eigenvalue weighted by Gasteiger charge is 2.13. The molecule has 0 saturated heterocycles. The van der Waals surface area contributed by atoms with Gasteiger partial charge in [0.1, 0.15) is 0 Å². The second kappa shape index (κ2) is 7.19. The molecule has 4 nitrogen and oxygen atoms in total. The van der Waals surface area contributed by atoms with Gasteiger partial charge in [0.2, 0.25) is 5.91 Å². The van der Waals surface area contributed by atoms with Gasteiger partial charge in [-0.3, -0.25) is 9.00 Å². The average Bonchev–Trinajstić information content (AvgIpc) is 2.29. The zero-order valence-corrected chi connectivity index (χ0v) is 10.7. The summed E-state index contributed by atoms with van der Waals surface area (Å²) in [5.74, 6) is 0.267. The molecule has 3 N–H and O–H groups in total. The molecule has 1 aromatic rings. The summed E-state index contributed by atoms with van der Waals surface area (Å²) >= 11 is 0. The van der Waals surface area contributed by atoms with Crippen molar-refractivity contribution in [2.45, 2.75) is 12.5 Å². The molecule has 2 atom stereocenters. The Kier molecular flexibility index (Phi) is 5.86. The number of hydrogen-bond donors (Lipinski definition) is 2. The molecule has 0 aliphatic rings. The van der Waals surface area contributed by atoms with Gasteiger partial charge in [0.25, 0.3) is 0 Å². The van der Waals surface area contributed by atoms with Gasteiger partial charge in [-0.1, -0.05) is 30.3 Å². The molecule has 0 aromatic heterocycles. The standard InChI is InChI=1S/C12H18N2O2S/c1-17(16)8-7-14-12(15)11(13)9-10-5-3-2-4-6-10/h2-6,11H,7-9,13H2,1H3,(H,14,15)/t11-,17?/m0/s1. The molecule has 1 amide bonds. The molecule has 0 radical (unpaired) electrons. The van der Waals surface area contributed by atoms with E-state index in [9.17, 15) is 9.00 Å². The quantitative estimate of drug-likeness (QED) is 0.753. The van der Waals surface area contributed by atoms with Gasteiger partial charge >= 0.3 is 0 Å². The number of carbonyl (C=O) groups excluding carboxylic acids is 1. The predicted octanol–water partition coefficient (Wildman–Crippen LogP) is 0.0511. The Morgan fingerprint density at radius 3 is 2.65 bits per heavy atom. The van der Waals surface area contributed by atoms with E-state index in [1.54, 1.807) is 6.26 Å². The first kappa shape index (κ1) is 13.9. The lowest BCUT2D eigenvalue weighted by Crippen LogP contribution is -2.43. The zero-order valence-electron chi connectivity index (χ0n) is 9.89. The van der Waals surface area contributed by atoms with Crippen LogP contribution in [0.3, 0.4) is 0 Å². The van der Waals surface area contributed by atoms with Gasteiger partial charge < -0.3 is 11.1 Å². The fraction of sp³-hybridized carbons (Fsp3) is 0.417. The Hall–Kier alpha value is -1.20. The van der Waals surface area contributed by atoms with Gasteiger partial charge in [-0.25, -0.2) is 0 Å². The monoisotopic (exact) mass is 254 g/mol. The first-order valence-corrected chi connectivity index (χ1v) is 7.19. The summed E-state index contributed by atoms with van der Waals surface area (Å²) < 4.78 is 10.8. The maximum absolute atomic E-state index is 11.6. The number of hydrogen-bond acceptors (Lipinski definition) is 3. The fourth-order valence-electron chi connectivity index (χ4n) is 1.41. The molecule has 0 saturated carbocycles. The van der Waals surface area contributed by atoms with Crippen LogP contribution < -0.4 is 11.1 Å². The number of nitrogens with one attached hydrogen (secondary N) is 1. The first-order chi connectivity index (χ1) is 8.09. The maximum atomic E-state index is 11.6. The van der Waals surface area contributed by atoms with Crippen molar-refractivity contribution in [3.63, 3.8) is 0 Å². The lowest BCUT2D eigenvalue weighted by atomic mass is 10.1. The van der Waals surface area contributed by atoms with E-state index < -0.39 is 16.8 Å². The van der Waals surface area contributed by atoms with Crippen LogP contribution in [0.2, 0.25) is 0 Å². The largest absolute Gasteiger partial charge is 0.354 e. The molecule has 0 bridgehead atoms. The van der Waals surface area contributed by atoms with E-state index >= 15 is 0 Å². The molecule has 1 unspecified atom stereocenters. The Labute approximate surface area is 104 Å². The average molecular weight is 254 g/mol. The van der Waals surface area contributed by atoms with Crippen LogP contribution in [-0.2, 0) is 22.0 Å². The lowest BCUT2D eigenvalue weighted by Gasteiger charge is -2.11. The minimum absolute atomic E-state index is 0.195. The summed E-state index contributed by atoms with van der Waals surface area (Å²) in [6.07, 6.45) is 2.12. The van der Waals surface area contributed by atoms with Crippen LogP contribution in [-0.4, -0.2) is 34.7 Å². The SMILES string of the molecule is CS(=O)CCNC(=O)[C@@H](N)Cc1ccccc1. The third-order valence-corrected chi connectivity index (χ3v) is 3.10. The molecule has 0 aliphatic heterocycles. The lowest BCUT2D eigenvalue weighted by molar-refractivity contribution is -0.122. The molecule has 17 heavy (non-hydrogen) atoms. The summed E-state index contributed by atoms with van der Waals surface area (Å²) in [6.45, 7) is 0.407. The van der Waals surface area contributed by atoms with Crippen molar-refractivity contribution in [2.24, 2.45) is 5.73 Å². The smallest absolute Gasteiger partial charge is 0.237 e. The summed E-state index contributed by atoms with van der Waals surface area (Å²) in [5.41, 5.74) is 6.81. The van der Waals surface area contributed by atoms with Crippen LogP contribution in [0.15, 0.2) is 30.3 Å². The van der Waals surface area contributed by atoms with Gasteiger partial charge in [0, 0.05) is 29.4 Å². The Balaban J connectivity index is 2.34. The number of carbonyl (C=O) groups is 1. The van der Waals surface area contributed by atoms with E-state index in [0.717, 1.165) is 5.56 Å². The Morgan fingerprint density at radius 1 is 1.41 bits per heavy atom. The van der Waals surface area contributed by atoms with E-state index in [4.69, 9.17) is 5.73 Å². The van der Waals surface area contributed by atoms with E-state index in [2.05, 4.69) is 5.32 Å². The molecular formula is C12H18N2O2S. The van der Waals surface area contributed by atoms with Crippen molar-refractivity contribution < 1.29 is 9.00 Å². The van der Waals surface area contributed by atoms with Crippen molar-refractivity contribution in [3.8, 4) is 0 Å². The molecule has 94 valence electrons. The van der Waals surface area contributed by atoms with E-state index in [1.807, 2.05) is 30.3 Å². The summed E-state index contributed by atoms with van der Waals surface area (Å²) in [5, 5.41) is 2.68. The summed E-state index contributed by atoms with van der Waals surface area (Å²) in [6, 6.07) is 9.08. The van der Waals surface area contributed by atoms with Crippen molar-refractivity contribution in [1.29, 1.82) is 0 Å². The third-order valence-electron chi connectivity index (χ3n) is 2.32. The molecule has 0 heterocycles. The molecular weight excluding hydrogens is 236 g/mol. The zero-order chi connectivity index (χ0) is 12.7. The highest BCUT2D eigenvalue weighted by atomic mass is 32.2. The first-order valence-electron chi connectivity index (χ1n) is 5.47. The van der Waals surface area contributed by atoms with Gasteiger partial charge in [-0.2, -0.15) is 0 Å². The van der Waals surface area contributed by atoms with Crippen molar-refractivity contribution in [2.75, 3.05) is 18.6 Å². The third kappa shape index (κ3) is 5.60. The van der Waals surface area contributed by atoms with Crippen molar-refractivity contribution >= 4 is 16.7 Å². The molecule has 1 aromatic carbocycles. The highest BCUT2D eigenvalue weighted by molar-refractivity contribution is 7.84.